The molecule has 15 heavy (non-hydrogen) atoms. The van der Waals surface area contributed by atoms with Crippen LogP contribution in [0.2, 0.25) is 0 Å². The summed E-state index contributed by atoms with van der Waals surface area (Å²) < 4.78 is 0. The molecule has 2 N–H and O–H groups in total. The van der Waals surface area contributed by atoms with E-state index in [1.807, 2.05) is 4.90 Å². The van der Waals surface area contributed by atoms with Gasteiger partial charge in [0.25, 0.3) is 0 Å². The zero-order valence-electron chi connectivity index (χ0n) is 9.28. The van der Waals surface area contributed by atoms with E-state index in [1.165, 1.54) is 6.42 Å². The van der Waals surface area contributed by atoms with Crippen LogP contribution < -0.4 is 5.32 Å². The van der Waals surface area contributed by atoms with Gasteiger partial charge in [0.1, 0.15) is 0 Å². The number of aliphatic hydroxyl groups is 1. The minimum Gasteiger partial charge on any atom is -0.392 e. The van der Waals surface area contributed by atoms with Gasteiger partial charge in [0.2, 0.25) is 5.91 Å². The SMILES string of the molecule is CC1CCCN(C(=O)[C@H]2C[C@@H](O)CN2)C1. The molecule has 4 heteroatoms. The van der Waals surface area contributed by atoms with E-state index >= 15 is 0 Å². The summed E-state index contributed by atoms with van der Waals surface area (Å²) in [5, 5.41) is 12.4. The Hall–Kier alpha value is -0.610. The van der Waals surface area contributed by atoms with Gasteiger partial charge < -0.3 is 15.3 Å². The van der Waals surface area contributed by atoms with Gasteiger partial charge in [-0.05, 0) is 25.2 Å². The Morgan fingerprint density at radius 1 is 1.53 bits per heavy atom. The summed E-state index contributed by atoms with van der Waals surface area (Å²) in [5.74, 6) is 0.798. The summed E-state index contributed by atoms with van der Waals surface area (Å²) in [5.41, 5.74) is 0. The number of nitrogens with one attached hydrogen (secondary N) is 1. The Bertz CT molecular complexity index is 245. The fourth-order valence-electron chi connectivity index (χ4n) is 2.52. The third kappa shape index (κ3) is 2.49. The lowest BCUT2D eigenvalue weighted by Gasteiger charge is -2.32. The number of carbonyl (C=O) groups excluding carboxylic acids is 1. The average Bonchev–Trinajstić information content (AvgIpc) is 2.64. The second-order valence-electron chi connectivity index (χ2n) is 4.88. The van der Waals surface area contributed by atoms with Gasteiger partial charge in [0.15, 0.2) is 0 Å². The molecule has 0 aliphatic carbocycles. The van der Waals surface area contributed by atoms with Crippen molar-refractivity contribution in [1.82, 2.24) is 10.2 Å². The first-order valence-corrected chi connectivity index (χ1v) is 5.87. The molecule has 2 aliphatic rings. The van der Waals surface area contributed by atoms with Crippen molar-refractivity contribution >= 4 is 5.91 Å². The first-order chi connectivity index (χ1) is 7.16. The van der Waals surface area contributed by atoms with Gasteiger partial charge in [0.05, 0.1) is 12.1 Å². The first-order valence-electron chi connectivity index (χ1n) is 5.87. The summed E-state index contributed by atoms with van der Waals surface area (Å²) in [6.07, 6.45) is 2.57. The van der Waals surface area contributed by atoms with E-state index in [4.69, 9.17) is 0 Å². The van der Waals surface area contributed by atoms with Crippen molar-refractivity contribution in [1.29, 1.82) is 0 Å². The van der Waals surface area contributed by atoms with E-state index in [0.717, 1.165) is 19.5 Å². The third-order valence-electron chi connectivity index (χ3n) is 3.37. The van der Waals surface area contributed by atoms with Crippen molar-refractivity contribution in [2.75, 3.05) is 19.6 Å². The normalized spacial score (nSPS) is 36.9. The second kappa shape index (κ2) is 4.49. The highest BCUT2D eigenvalue weighted by atomic mass is 16.3. The van der Waals surface area contributed by atoms with Crippen molar-refractivity contribution in [3.63, 3.8) is 0 Å². The molecule has 2 aliphatic heterocycles. The van der Waals surface area contributed by atoms with Gasteiger partial charge in [-0.25, -0.2) is 0 Å². The van der Waals surface area contributed by atoms with Gasteiger partial charge in [0, 0.05) is 19.6 Å². The molecular formula is C11H20N2O2. The monoisotopic (exact) mass is 212 g/mol. The Balaban J connectivity index is 1.89. The minimum absolute atomic E-state index is 0.148. The van der Waals surface area contributed by atoms with Crippen LogP contribution >= 0.6 is 0 Å². The van der Waals surface area contributed by atoms with Crippen molar-refractivity contribution < 1.29 is 9.90 Å². The average molecular weight is 212 g/mol. The number of aliphatic hydroxyl groups excluding tert-OH is 1. The Morgan fingerprint density at radius 2 is 2.33 bits per heavy atom. The third-order valence-corrected chi connectivity index (χ3v) is 3.37. The molecule has 0 aromatic carbocycles. The van der Waals surface area contributed by atoms with E-state index in [0.29, 0.717) is 18.9 Å². The number of rotatable bonds is 1. The number of piperidine rings is 1. The van der Waals surface area contributed by atoms with Crippen molar-refractivity contribution in [3.05, 3.63) is 0 Å². The van der Waals surface area contributed by atoms with Gasteiger partial charge in [-0.3, -0.25) is 4.79 Å². The molecule has 0 aromatic rings. The maximum Gasteiger partial charge on any atom is 0.239 e. The largest absolute Gasteiger partial charge is 0.392 e. The maximum atomic E-state index is 12.0. The molecule has 1 unspecified atom stereocenters. The van der Waals surface area contributed by atoms with E-state index in [9.17, 15) is 9.90 Å². The summed E-state index contributed by atoms with van der Waals surface area (Å²) in [4.78, 5) is 14.0. The van der Waals surface area contributed by atoms with Crippen molar-refractivity contribution in [3.8, 4) is 0 Å². The summed E-state index contributed by atoms with van der Waals surface area (Å²) in [6.45, 7) is 4.51. The van der Waals surface area contributed by atoms with Crippen LogP contribution in [0.4, 0.5) is 0 Å². The number of amides is 1. The molecule has 0 bridgehead atoms. The van der Waals surface area contributed by atoms with Crippen LogP contribution in [0.3, 0.4) is 0 Å². The molecule has 0 aromatic heterocycles. The molecule has 3 atom stereocenters. The summed E-state index contributed by atoms with van der Waals surface area (Å²) in [7, 11) is 0. The van der Waals surface area contributed by atoms with Crippen LogP contribution in [-0.2, 0) is 4.79 Å². The van der Waals surface area contributed by atoms with E-state index < -0.39 is 0 Å². The fourth-order valence-corrected chi connectivity index (χ4v) is 2.52. The number of likely N-dealkylation sites (tertiary alicyclic amines) is 1. The van der Waals surface area contributed by atoms with Gasteiger partial charge in [-0.2, -0.15) is 0 Å². The first kappa shape index (κ1) is 10.9. The lowest BCUT2D eigenvalue weighted by atomic mass is 9.99. The molecule has 2 heterocycles. The van der Waals surface area contributed by atoms with Crippen LogP contribution in [0, 0.1) is 5.92 Å². The number of hydrogen-bond acceptors (Lipinski definition) is 3. The van der Waals surface area contributed by atoms with Gasteiger partial charge in [-0.15, -0.1) is 0 Å². The molecule has 86 valence electrons. The molecule has 1 amide bonds. The van der Waals surface area contributed by atoms with E-state index in [-0.39, 0.29) is 18.1 Å². The van der Waals surface area contributed by atoms with Crippen LogP contribution in [0.5, 0.6) is 0 Å². The Labute approximate surface area is 90.6 Å². The molecular weight excluding hydrogens is 192 g/mol. The zero-order valence-corrected chi connectivity index (χ0v) is 9.28. The topological polar surface area (TPSA) is 52.6 Å². The second-order valence-corrected chi connectivity index (χ2v) is 4.88. The smallest absolute Gasteiger partial charge is 0.239 e. The summed E-state index contributed by atoms with van der Waals surface area (Å²) in [6, 6.07) is -0.148. The number of hydrogen-bond donors (Lipinski definition) is 2. The quantitative estimate of drug-likeness (QED) is 0.641. The van der Waals surface area contributed by atoms with Crippen molar-refractivity contribution in [2.45, 2.75) is 38.3 Å². The fraction of sp³-hybridized carbons (Fsp3) is 0.909. The predicted molar refractivity (Wildman–Crippen MR) is 57.4 cm³/mol. The van der Waals surface area contributed by atoms with E-state index in [1.54, 1.807) is 0 Å². The highest BCUT2D eigenvalue weighted by Crippen LogP contribution is 2.18. The number of β-amino-alcohol motifs (C(OH)–C–C–N with tert-alkyl or cyclic N) is 1. The van der Waals surface area contributed by atoms with Crippen LogP contribution in [-0.4, -0.2) is 47.7 Å². The molecule has 4 nitrogen and oxygen atoms in total. The Kier molecular flexibility index (Phi) is 3.26. The van der Waals surface area contributed by atoms with Crippen LogP contribution in [0.15, 0.2) is 0 Å². The van der Waals surface area contributed by atoms with Crippen LogP contribution in [0.1, 0.15) is 26.2 Å². The van der Waals surface area contributed by atoms with E-state index in [2.05, 4.69) is 12.2 Å². The minimum atomic E-state index is -0.346. The highest BCUT2D eigenvalue weighted by Gasteiger charge is 2.32. The lowest BCUT2D eigenvalue weighted by Crippen LogP contribution is -2.47. The van der Waals surface area contributed by atoms with Gasteiger partial charge >= 0.3 is 0 Å². The van der Waals surface area contributed by atoms with Crippen LogP contribution in [0.25, 0.3) is 0 Å². The molecule has 2 saturated heterocycles. The molecule has 0 spiro atoms. The standard InChI is InChI=1S/C11H20N2O2/c1-8-3-2-4-13(7-8)11(15)10-5-9(14)6-12-10/h8-10,12,14H,2-7H2,1H3/t8?,9-,10-/m1/s1. The van der Waals surface area contributed by atoms with Crippen molar-refractivity contribution in [2.24, 2.45) is 5.92 Å². The maximum absolute atomic E-state index is 12.0. The number of nitrogens with zero attached hydrogens (tertiary/aromatic N) is 1. The number of carbonyl (C=O) groups is 1. The summed E-state index contributed by atoms with van der Waals surface area (Å²) >= 11 is 0. The predicted octanol–water partition coefficient (Wildman–Crippen LogP) is -0.0323. The highest BCUT2D eigenvalue weighted by molar-refractivity contribution is 5.82. The Morgan fingerprint density at radius 3 is 2.93 bits per heavy atom. The molecule has 0 radical (unpaired) electrons. The van der Waals surface area contributed by atoms with Gasteiger partial charge in [-0.1, -0.05) is 6.92 Å². The zero-order chi connectivity index (χ0) is 10.8. The molecule has 2 fully saturated rings. The molecule has 2 rings (SSSR count). The lowest BCUT2D eigenvalue weighted by molar-refractivity contribution is -0.134. The molecule has 0 saturated carbocycles.